The van der Waals surface area contributed by atoms with Gasteiger partial charge in [0.1, 0.15) is 5.03 Å². The molecule has 1 aliphatic heterocycles. The number of carbonyl (C=O) groups excluding carboxylic acids is 1. The van der Waals surface area contributed by atoms with Crippen LogP contribution in [0.15, 0.2) is 23.4 Å². The largest absolute Gasteiger partial charge is 0.397 e. The predicted molar refractivity (Wildman–Crippen MR) is 79.2 cm³/mol. The smallest absolute Gasteiger partial charge is 0.233 e. The van der Waals surface area contributed by atoms with E-state index >= 15 is 0 Å². The molecule has 1 aromatic heterocycles. The highest BCUT2D eigenvalue weighted by Gasteiger charge is 2.32. The Bertz CT molecular complexity index is 604. The summed E-state index contributed by atoms with van der Waals surface area (Å²) in [5.41, 5.74) is 6.29. The molecule has 0 spiro atoms. The Hall–Kier alpha value is -1.28. The van der Waals surface area contributed by atoms with Crippen LogP contribution >= 0.6 is 11.8 Å². The summed E-state index contributed by atoms with van der Waals surface area (Å²) < 4.78 is 22.8. The van der Waals surface area contributed by atoms with Crippen LogP contribution in [0.4, 0.5) is 5.69 Å². The van der Waals surface area contributed by atoms with E-state index in [0.29, 0.717) is 17.1 Å². The fourth-order valence-electron chi connectivity index (χ4n) is 2.04. The summed E-state index contributed by atoms with van der Waals surface area (Å²) in [6, 6.07) is 3.25. The highest BCUT2D eigenvalue weighted by atomic mass is 32.2. The number of aromatic nitrogens is 1. The molecule has 0 radical (unpaired) electrons. The summed E-state index contributed by atoms with van der Waals surface area (Å²) in [6.07, 6.45) is 2.14. The van der Waals surface area contributed by atoms with Crippen LogP contribution in [0.3, 0.4) is 0 Å². The summed E-state index contributed by atoms with van der Waals surface area (Å²) in [5, 5.41) is 0.619. The minimum absolute atomic E-state index is 0.0611. The van der Waals surface area contributed by atoms with Crippen LogP contribution in [0.2, 0.25) is 0 Å². The van der Waals surface area contributed by atoms with E-state index in [2.05, 4.69) is 4.98 Å². The van der Waals surface area contributed by atoms with Crippen molar-refractivity contribution < 1.29 is 13.2 Å². The van der Waals surface area contributed by atoms with Gasteiger partial charge in [0.05, 0.1) is 22.9 Å². The van der Waals surface area contributed by atoms with Crippen molar-refractivity contribution in [1.29, 1.82) is 0 Å². The van der Waals surface area contributed by atoms with Crippen LogP contribution in [0, 0.1) is 0 Å². The van der Waals surface area contributed by atoms with Crippen molar-refractivity contribution in [3.05, 3.63) is 18.3 Å². The zero-order valence-electron chi connectivity index (χ0n) is 11.2. The highest BCUT2D eigenvalue weighted by Crippen LogP contribution is 2.23. The first-order valence-corrected chi connectivity index (χ1v) is 8.99. The molecule has 2 rings (SSSR count). The van der Waals surface area contributed by atoms with E-state index in [1.54, 1.807) is 25.4 Å². The number of sulfone groups is 1. The molecule has 0 aliphatic carbocycles. The summed E-state index contributed by atoms with van der Waals surface area (Å²) >= 11 is 1.27. The predicted octanol–water partition coefficient (Wildman–Crippen LogP) is 0.401. The minimum Gasteiger partial charge on any atom is -0.397 e. The van der Waals surface area contributed by atoms with Gasteiger partial charge in [0.15, 0.2) is 9.84 Å². The molecule has 1 amide bonds. The normalized spacial score (nSPS) is 20.8. The lowest BCUT2D eigenvalue weighted by molar-refractivity contribution is -0.128. The molecule has 2 heterocycles. The lowest BCUT2D eigenvalue weighted by atomic mass is 10.2. The van der Waals surface area contributed by atoms with Crippen molar-refractivity contribution in [3.63, 3.8) is 0 Å². The van der Waals surface area contributed by atoms with Gasteiger partial charge in [-0.25, -0.2) is 13.4 Å². The van der Waals surface area contributed by atoms with Crippen LogP contribution in [0.1, 0.15) is 6.42 Å². The Balaban J connectivity index is 1.91. The molecule has 0 aromatic carbocycles. The summed E-state index contributed by atoms with van der Waals surface area (Å²) in [5.74, 6) is 0.317. The van der Waals surface area contributed by atoms with Gasteiger partial charge in [-0.15, -0.1) is 0 Å². The molecule has 1 aliphatic rings. The monoisotopic (exact) mass is 315 g/mol. The van der Waals surface area contributed by atoms with Gasteiger partial charge in [0.25, 0.3) is 0 Å². The van der Waals surface area contributed by atoms with Crippen molar-refractivity contribution >= 4 is 33.2 Å². The number of nitrogens with zero attached hydrogens (tertiary/aromatic N) is 2. The first-order chi connectivity index (χ1) is 9.39. The quantitative estimate of drug-likeness (QED) is 0.809. The van der Waals surface area contributed by atoms with Gasteiger partial charge in [0, 0.05) is 19.3 Å². The van der Waals surface area contributed by atoms with Crippen LogP contribution in [-0.4, -0.2) is 54.6 Å². The maximum absolute atomic E-state index is 12.1. The molecule has 1 aromatic rings. The number of pyridine rings is 1. The van der Waals surface area contributed by atoms with E-state index in [1.807, 2.05) is 0 Å². The molecule has 2 N–H and O–H groups in total. The van der Waals surface area contributed by atoms with Gasteiger partial charge in [-0.2, -0.15) is 0 Å². The third-order valence-electron chi connectivity index (χ3n) is 3.28. The van der Waals surface area contributed by atoms with Crippen LogP contribution in [0.25, 0.3) is 0 Å². The zero-order chi connectivity index (χ0) is 14.8. The molecule has 1 fully saturated rings. The summed E-state index contributed by atoms with van der Waals surface area (Å²) in [4.78, 5) is 17.7. The van der Waals surface area contributed by atoms with Gasteiger partial charge in [-0.05, 0) is 18.6 Å². The van der Waals surface area contributed by atoms with Crippen LogP contribution in [-0.2, 0) is 14.6 Å². The van der Waals surface area contributed by atoms with Gasteiger partial charge < -0.3 is 10.6 Å². The third-order valence-corrected chi connectivity index (χ3v) is 6.04. The minimum atomic E-state index is -2.98. The first-order valence-electron chi connectivity index (χ1n) is 6.18. The Morgan fingerprint density at radius 3 is 2.95 bits per heavy atom. The first kappa shape index (κ1) is 15.1. The van der Waals surface area contributed by atoms with Gasteiger partial charge in [-0.3, -0.25) is 4.79 Å². The SMILES string of the molecule is CN(C(=O)CSc1ncccc1N)C1CCS(=O)(=O)C1. The molecule has 1 atom stereocenters. The Morgan fingerprint density at radius 1 is 1.60 bits per heavy atom. The second-order valence-corrected chi connectivity index (χ2v) is 7.94. The lowest BCUT2D eigenvalue weighted by Crippen LogP contribution is -2.38. The van der Waals surface area contributed by atoms with E-state index in [9.17, 15) is 13.2 Å². The van der Waals surface area contributed by atoms with Gasteiger partial charge >= 0.3 is 0 Å². The average Bonchev–Trinajstić information content (AvgIpc) is 2.77. The van der Waals surface area contributed by atoms with Crippen molar-refractivity contribution in [1.82, 2.24) is 9.88 Å². The maximum atomic E-state index is 12.1. The number of thioether (sulfide) groups is 1. The molecular formula is C12H17N3O3S2. The molecule has 6 nitrogen and oxygen atoms in total. The molecule has 0 bridgehead atoms. The van der Waals surface area contributed by atoms with Crippen LogP contribution < -0.4 is 5.73 Å². The lowest BCUT2D eigenvalue weighted by Gasteiger charge is -2.23. The number of carbonyl (C=O) groups is 1. The highest BCUT2D eigenvalue weighted by molar-refractivity contribution is 8.00. The Kier molecular flexibility index (Phi) is 4.54. The number of anilines is 1. The molecule has 1 unspecified atom stereocenters. The van der Waals surface area contributed by atoms with E-state index < -0.39 is 9.84 Å². The number of rotatable bonds is 4. The Labute approximate surface area is 122 Å². The molecular weight excluding hydrogens is 298 g/mol. The van der Waals surface area contributed by atoms with Gasteiger partial charge in [-0.1, -0.05) is 11.8 Å². The third kappa shape index (κ3) is 3.63. The van der Waals surface area contributed by atoms with Crippen molar-refractivity contribution in [3.8, 4) is 0 Å². The van der Waals surface area contributed by atoms with E-state index in [1.165, 1.54) is 16.7 Å². The van der Waals surface area contributed by atoms with Crippen molar-refractivity contribution in [2.24, 2.45) is 0 Å². The number of nitrogens with two attached hydrogens (primary N) is 1. The molecule has 0 saturated carbocycles. The fourth-order valence-corrected chi connectivity index (χ4v) is 4.65. The van der Waals surface area contributed by atoms with Gasteiger partial charge in [0.2, 0.25) is 5.91 Å². The van der Waals surface area contributed by atoms with Crippen LogP contribution in [0.5, 0.6) is 0 Å². The Morgan fingerprint density at radius 2 is 2.35 bits per heavy atom. The molecule has 1 saturated heterocycles. The number of hydrogen-bond donors (Lipinski definition) is 1. The molecule has 110 valence electrons. The number of nitrogen functional groups attached to an aromatic ring is 1. The van der Waals surface area contributed by atoms with Crippen molar-refractivity contribution in [2.75, 3.05) is 30.0 Å². The standard InChI is InChI=1S/C12H17N3O3S2/c1-15(9-4-6-20(17,18)8-9)11(16)7-19-12-10(13)3-2-5-14-12/h2-3,5,9H,4,6-8,13H2,1H3. The van der Waals surface area contributed by atoms with E-state index in [-0.39, 0.29) is 29.2 Å². The molecule has 20 heavy (non-hydrogen) atoms. The summed E-state index contributed by atoms with van der Waals surface area (Å²) in [6.45, 7) is 0. The second-order valence-electron chi connectivity index (χ2n) is 4.75. The second kappa shape index (κ2) is 6.01. The zero-order valence-corrected chi connectivity index (χ0v) is 12.8. The number of hydrogen-bond acceptors (Lipinski definition) is 6. The maximum Gasteiger partial charge on any atom is 0.233 e. The fraction of sp³-hybridized carbons (Fsp3) is 0.500. The van der Waals surface area contributed by atoms with E-state index in [0.717, 1.165) is 0 Å². The summed E-state index contributed by atoms with van der Waals surface area (Å²) in [7, 11) is -1.33. The average molecular weight is 315 g/mol. The number of amides is 1. The molecule has 8 heteroatoms. The van der Waals surface area contributed by atoms with E-state index in [4.69, 9.17) is 5.73 Å². The van der Waals surface area contributed by atoms with Crippen molar-refractivity contribution in [2.45, 2.75) is 17.5 Å². The topological polar surface area (TPSA) is 93.4 Å².